The van der Waals surface area contributed by atoms with Crippen molar-refractivity contribution < 1.29 is 36.6 Å². The lowest BCUT2D eigenvalue weighted by Gasteiger charge is -2.28. The molecule has 1 unspecified atom stereocenters. The van der Waals surface area contributed by atoms with Crippen molar-refractivity contribution in [3.05, 3.63) is 65.2 Å². The van der Waals surface area contributed by atoms with Gasteiger partial charge in [-0.1, -0.05) is 19.1 Å². The van der Waals surface area contributed by atoms with Gasteiger partial charge in [0.2, 0.25) is 0 Å². The maximum absolute atomic E-state index is 13.6. The van der Waals surface area contributed by atoms with Gasteiger partial charge >= 0.3 is 18.3 Å². The number of carboxylic acid groups (broad SMARTS) is 1. The van der Waals surface area contributed by atoms with Gasteiger partial charge in [0.1, 0.15) is 0 Å². The maximum atomic E-state index is 13.6. The van der Waals surface area contributed by atoms with Gasteiger partial charge in [0.25, 0.3) is 0 Å². The Kier molecular flexibility index (Phi) is 6.54. The number of benzene rings is 2. The molecule has 0 saturated carbocycles. The van der Waals surface area contributed by atoms with Crippen LogP contribution >= 0.6 is 0 Å². The van der Waals surface area contributed by atoms with E-state index in [0.29, 0.717) is 24.2 Å². The van der Waals surface area contributed by atoms with Crippen LogP contribution < -0.4 is 4.90 Å². The number of halogens is 5. The monoisotopic (exact) mass is 443 g/mol. The van der Waals surface area contributed by atoms with Gasteiger partial charge in [-0.15, -0.1) is 0 Å². The average molecular weight is 443 g/mol. The van der Waals surface area contributed by atoms with Crippen LogP contribution in [0.1, 0.15) is 47.2 Å². The predicted octanol–water partition coefficient (Wildman–Crippen LogP) is 5.79. The van der Waals surface area contributed by atoms with Gasteiger partial charge in [-0.05, 0) is 48.4 Å². The molecule has 1 aliphatic heterocycles. The molecule has 1 fully saturated rings. The third-order valence-electron chi connectivity index (χ3n) is 5.47. The summed E-state index contributed by atoms with van der Waals surface area (Å²) in [4.78, 5) is 12.9. The highest BCUT2D eigenvalue weighted by molar-refractivity contribution is 5.88. The number of aromatic carboxylic acids is 1. The largest absolute Gasteiger partial charge is 0.478 e. The zero-order chi connectivity index (χ0) is 22.8. The van der Waals surface area contributed by atoms with E-state index < -0.39 is 36.3 Å². The zero-order valence-electron chi connectivity index (χ0n) is 16.7. The second-order valence-electron chi connectivity index (χ2n) is 7.51. The van der Waals surface area contributed by atoms with Gasteiger partial charge in [-0.3, -0.25) is 0 Å². The van der Waals surface area contributed by atoms with Gasteiger partial charge < -0.3 is 14.7 Å². The Morgan fingerprint density at radius 2 is 1.68 bits per heavy atom. The minimum atomic E-state index is -4.44. The molecule has 1 saturated heterocycles. The quantitative estimate of drug-likeness (QED) is 0.551. The number of nitrogens with zero attached hydrogens (tertiary/aromatic N) is 1. The van der Waals surface area contributed by atoms with Gasteiger partial charge in [0, 0.05) is 24.6 Å². The number of carboxylic acids is 1. The van der Waals surface area contributed by atoms with Crippen LogP contribution in [0, 0.1) is 0 Å². The third kappa shape index (κ3) is 5.52. The Balaban J connectivity index is 1.83. The highest BCUT2D eigenvalue weighted by Gasteiger charge is 2.37. The molecule has 3 rings (SSSR count). The lowest BCUT2D eigenvalue weighted by atomic mass is 9.95. The van der Waals surface area contributed by atoms with Crippen molar-refractivity contribution in [3.63, 3.8) is 0 Å². The summed E-state index contributed by atoms with van der Waals surface area (Å²) in [6, 6.07) is 10.4. The topological polar surface area (TPSA) is 49.8 Å². The fourth-order valence-corrected chi connectivity index (χ4v) is 3.69. The molecule has 31 heavy (non-hydrogen) atoms. The standard InChI is InChI=1S/C22H22F5NO3/c1-2-21(23,24)31-13-19-11-16(14-3-7-17(8-4-14)22(25,26)27)12-28(19)18-9-5-15(6-10-18)20(29)30/h3-10,16,19H,2,11-13H2,1H3,(H,29,30)/t16?,19-/m0/s1. The Bertz CT molecular complexity index is 897. The summed E-state index contributed by atoms with van der Waals surface area (Å²) in [5.74, 6) is -1.27. The molecule has 0 aromatic heterocycles. The molecule has 9 heteroatoms. The third-order valence-corrected chi connectivity index (χ3v) is 5.47. The first-order valence-corrected chi connectivity index (χ1v) is 9.79. The number of alkyl halides is 5. The predicted molar refractivity (Wildman–Crippen MR) is 105 cm³/mol. The number of hydrogen-bond donors (Lipinski definition) is 1. The molecule has 0 bridgehead atoms. The lowest BCUT2D eigenvalue weighted by molar-refractivity contribution is -0.241. The fraction of sp³-hybridized carbons (Fsp3) is 0.409. The summed E-state index contributed by atoms with van der Waals surface area (Å²) in [6.45, 7) is 1.42. The van der Waals surface area contributed by atoms with Crippen LogP contribution in [-0.2, 0) is 10.9 Å². The zero-order valence-corrected chi connectivity index (χ0v) is 16.7. The van der Waals surface area contributed by atoms with Crippen LogP contribution in [0.3, 0.4) is 0 Å². The number of carbonyl (C=O) groups is 1. The van der Waals surface area contributed by atoms with Gasteiger partial charge in [0.15, 0.2) is 0 Å². The molecule has 2 aromatic rings. The molecule has 2 atom stereocenters. The summed E-state index contributed by atoms with van der Waals surface area (Å²) < 4.78 is 70.6. The Morgan fingerprint density at radius 3 is 2.19 bits per heavy atom. The van der Waals surface area contributed by atoms with E-state index in [1.807, 2.05) is 4.90 Å². The summed E-state index contributed by atoms with van der Waals surface area (Å²) >= 11 is 0. The molecule has 168 valence electrons. The fourth-order valence-electron chi connectivity index (χ4n) is 3.69. The molecule has 0 amide bonds. The van der Waals surface area contributed by atoms with Crippen LogP contribution in [0.4, 0.5) is 27.6 Å². The van der Waals surface area contributed by atoms with Crippen molar-refractivity contribution in [2.45, 2.75) is 44.0 Å². The van der Waals surface area contributed by atoms with Crippen molar-refractivity contribution >= 4 is 11.7 Å². The van der Waals surface area contributed by atoms with E-state index in [-0.39, 0.29) is 18.1 Å². The van der Waals surface area contributed by atoms with E-state index in [2.05, 4.69) is 0 Å². The van der Waals surface area contributed by atoms with Crippen molar-refractivity contribution in [1.82, 2.24) is 0 Å². The Morgan fingerprint density at radius 1 is 1.06 bits per heavy atom. The molecule has 0 spiro atoms. The first-order valence-electron chi connectivity index (χ1n) is 9.79. The minimum Gasteiger partial charge on any atom is -0.478 e. The first-order chi connectivity index (χ1) is 14.5. The van der Waals surface area contributed by atoms with E-state index >= 15 is 0 Å². The minimum absolute atomic E-state index is 0.0903. The molecule has 0 radical (unpaired) electrons. The molecule has 1 N–H and O–H groups in total. The van der Waals surface area contributed by atoms with Gasteiger partial charge in [0.05, 0.1) is 23.8 Å². The number of anilines is 1. The van der Waals surface area contributed by atoms with E-state index in [4.69, 9.17) is 9.84 Å². The smallest absolute Gasteiger partial charge is 0.416 e. The van der Waals surface area contributed by atoms with Crippen molar-refractivity contribution in [2.75, 3.05) is 18.1 Å². The Labute approximate surface area is 176 Å². The number of hydrogen-bond acceptors (Lipinski definition) is 3. The van der Waals surface area contributed by atoms with Crippen molar-refractivity contribution in [2.24, 2.45) is 0 Å². The molecule has 0 aliphatic carbocycles. The van der Waals surface area contributed by atoms with Crippen LogP contribution in [-0.4, -0.2) is 36.4 Å². The molecule has 4 nitrogen and oxygen atoms in total. The van der Waals surface area contributed by atoms with E-state index in [9.17, 15) is 26.7 Å². The van der Waals surface area contributed by atoms with E-state index in [1.54, 1.807) is 12.1 Å². The van der Waals surface area contributed by atoms with E-state index in [0.717, 1.165) is 12.1 Å². The van der Waals surface area contributed by atoms with Gasteiger partial charge in [-0.2, -0.15) is 22.0 Å². The van der Waals surface area contributed by atoms with Crippen LogP contribution in [0.15, 0.2) is 48.5 Å². The number of rotatable bonds is 7. The second-order valence-corrected chi connectivity index (χ2v) is 7.51. The lowest BCUT2D eigenvalue weighted by Crippen LogP contribution is -2.36. The summed E-state index contributed by atoms with van der Waals surface area (Å²) in [5.41, 5.74) is 0.642. The first kappa shape index (κ1) is 23.0. The molecule has 1 heterocycles. The highest BCUT2D eigenvalue weighted by atomic mass is 19.4. The van der Waals surface area contributed by atoms with Crippen LogP contribution in [0.2, 0.25) is 0 Å². The van der Waals surface area contributed by atoms with Crippen molar-refractivity contribution in [3.8, 4) is 0 Å². The average Bonchev–Trinajstić information content (AvgIpc) is 3.16. The molecule has 2 aromatic carbocycles. The summed E-state index contributed by atoms with van der Waals surface area (Å²) in [5, 5.41) is 9.07. The van der Waals surface area contributed by atoms with Crippen LogP contribution in [0.5, 0.6) is 0 Å². The Hall–Kier alpha value is -2.68. The summed E-state index contributed by atoms with van der Waals surface area (Å²) in [7, 11) is 0. The molecular formula is C22H22F5NO3. The van der Waals surface area contributed by atoms with Crippen molar-refractivity contribution in [1.29, 1.82) is 0 Å². The van der Waals surface area contributed by atoms with Gasteiger partial charge in [-0.25, -0.2) is 4.79 Å². The number of ether oxygens (including phenoxy) is 1. The molecule has 1 aliphatic rings. The maximum Gasteiger partial charge on any atom is 0.416 e. The summed E-state index contributed by atoms with van der Waals surface area (Å²) in [6.07, 6.45) is -7.78. The SMILES string of the molecule is CCC(F)(F)OC[C@@H]1CC(c2ccc(C(F)(F)F)cc2)CN1c1ccc(C(=O)O)cc1. The second kappa shape index (κ2) is 8.82. The normalized spacial score (nSPS) is 19.6. The van der Waals surface area contributed by atoms with E-state index in [1.165, 1.54) is 31.2 Å². The molecular weight excluding hydrogens is 421 g/mol. The van der Waals surface area contributed by atoms with Crippen LogP contribution in [0.25, 0.3) is 0 Å². The highest BCUT2D eigenvalue weighted by Crippen LogP contribution is 2.37.